The van der Waals surface area contributed by atoms with E-state index in [1.54, 1.807) is 35.4 Å². The molecule has 0 aliphatic carbocycles. The molecule has 4 rings (SSSR count). The van der Waals surface area contributed by atoms with Gasteiger partial charge in [0.05, 0.1) is 11.4 Å². The van der Waals surface area contributed by atoms with Crippen molar-refractivity contribution in [2.45, 2.75) is 11.4 Å². The standard InChI is InChI=1S/C21H21BrN4O3S/c22-19-4-1-2-5-20(19)30(28,29)26-14-12-24(13-15-26)21(27)18-8-6-17(7-9-18)16-25-11-3-10-23-25/h1-11H,12-16H2. The third-order valence-electron chi connectivity index (χ3n) is 5.08. The van der Waals surface area contributed by atoms with E-state index in [1.807, 2.05) is 41.2 Å². The van der Waals surface area contributed by atoms with E-state index >= 15 is 0 Å². The third kappa shape index (κ3) is 4.33. The van der Waals surface area contributed by atoms with Gasteiger partial charge in [0.15, 0.2) is 0 Å². The normalized spacial score (nSPS) is 15.3. The lowest BCUT2D eigenvalue weighted by molar-refractivity contribution is 0.0698. The summed E-state index contributed by atoms with van der Waals surface area (Å²) in [4.78, 5) is 14.8. The first-order valence-corrected chi connectivity index (χ1v) is 11.8. The van der Waals surface area contributed by atoms with Crippen LogP contribution in [0.2, 0.25) is 0 Å². The van der Waals surface area contributed by atoms with Crippen LogP contribution < -0.4 is 0 Å². The number of rotatable bonds is 5. The summed E-state index contributed by atoms with van der Waals surface area (Å²) in [5.74, 6) is -0.0846. The number of hydrogen-bond donors (Lipinski definition) is 0. The molecule has 0 radical (unpaired) electrons. The number of hydrogen-bond acceptors (Lipinski definition) is 4. The SMILES string of the molecule is O=C(c1ccc(Cn2cccn2)cc1)N1CCN(S(=O)(=O)c2ccccc2Br)CC1. The molecule has 2 heterocycles. The molecule has 1 aliphatic heterocycles. The number of benzene rings is 2. The molecule has 0 atom stereocenters. The lowest BCUT2D eigenvalue weighted by Crippen LogP contribution is -2.50. The number of sulfonamides is 1. The molecule has 1 aliphatic rings. The van der Waals surface area contributed by atoms with E-state index in [0.29, 0.717) is 29.7 Å². The van der Waals surface area contributed by atoms with Gasteiger partial charge in [-0.15, -0.1) is 0 Å². The van der Waals surface area contributed by atoms with E-state index in [4.69, 9.17) is 0 Å². The van der Waals surface area contributed by atoms with E-state index in [-0.39, 0.29) is 23.9 Å². The molecule has 3 aromatic rings. The number of carbonyl (C=O) groups is 1. The van der Waals surface area contributed by atoms with E-state index in [0.717, 1.165) is 5.56 Å². The van der Waals surface area contributed by atoms with Crippen LogP contribution >= 0.6 is 15.9 Å². The molecule has 0 unspecified atom stereocenters. The van der Waals surface area contributed by atoms with Crippen LogP contribution in [0.5, 0.6) is 0 Å². The first kappa shape index (κ1) is 20.8. The summed E-state index contributed by atoms with van der Waals surface area (Å²) in [6.07, 6.45) is 3.62. The lowest BCUT2D eigenvalue weighted by atomic mass is 10.1. The molecule has 1 saturated heterocycles. The number of aromatic nitrogens is 2. The maximum atomic E-state index is 12.9. The largest absolute Gasteiger partial charge is 0.336 e. The average molecular weight is 489 g/mol. The van der Waals surface area contributed by atoms with Crippen molar-refractivity contribution in [1.29, 1.82) is 0 Å². The maximum absolute atomic E-state index is 12.9. The monoisotopic (exact) mass is 488 g/mol. The summed E-state index contributed by atoms with van der Waals surface area (Å²) in [6.45, 7) is 1.90. The third-order valence-corrected chi connectivity index (χ3v) is 8.00. The van der Waals surface area contributed by atoms with Crippen molar-refractivity contribution in [1.82, 2.24) is 19.0 Å². The molecule has 1 aromatic heterocycles. The zero-order chi connectivity index (χ0) is 21.1. The Morgan fingerprint density at radius 1 is 0.967 bits per heavy atom. The van der Waals surface area contributed by atoms with Crippen LogP contribution in [0, 0.1) is 0 Å². The number of carbonyl (C=O) groups excluding carboxylic acids is 1. The van der Waals surface area contributed by atoms with Gasteiger partial charge in [0.25, 0.3) is 5.91 Å². The van der Waals surface area contributed by atoms with Gasteiger partial charge in [-0.1, -0.05) is 24.3 Å². The van der Waals surface area contributed by atoms with Crippen LogP contribution in [-0.2, 0) is 16.6 Å². The van der Waals surface area contributed by atoms with Crippen LogP contribution in [-0.4, -0.2) is 59.5 Å². The average Bonchev–Trinajstić information content (AvgIpc) is 3.27. The molecule has 0 spiro atoms. The van der Waals surface area contributed by atoms with Gasteiger partial charge in [-0.05, 0) is 51.8 Å². The Balaban J connectivity index is 1.39. The molecule has 156 valence electrons. The molecular weight excluding hydrogens is 468 g/mol. The number of amides is 1. The molecule has 1 fully saturated rings. The highest BCUT2D eigenvalue weighted by molar-refractivity contribution is 9.10. The van der Waals surface area contributed by atoms with Crippen LogP contribution in [0.3, 0.4) is 0 Å². The second-order valence-electron chi connectivity index (χ2n) is 7.03. The number of piperazine rings is 1. The molecule has 2 aromatic carbocycles. The quantitative estimate of drug-likeness (QED) is 0.553. The second kappa shape index (κ2) is 8.71. The summed E-state index contributed by atoms with van der Waals surface area (Å²) in [7, 11) is -3.60. The summed E-state index contributed by atoms with van der Waals surface area (Å²) in [5.41, 5.74) is 1.65. The van der Waals surface area contributed by atoms with Gasteiger partial charge in [0.1, 0.15) is 0 Å². The van der Waals surface area contributed by atoms with Gasteiger partial charge in [-0.3, -0.25) is 9.48 Å². The molecular formula is C21H21BrN4O3S. The molecule has 0 N–H and O–H groups in total. The summed E-state index contributed by atoms with van der Waals surface area (Å²) in [6, 6.07) is 16.1. The van der Waals surface area contributed by atoms with Crippen LogP contribution in [0.25, 0.3) is 0 Å². The topological polar surface area (TPSA) is 75.5 Å². The fourth-order valence-electron chi connectivity index (χ4n) is 3.44. The number of nitrogens with zero attached hydrogens (tertiary/aromatic N) is 4. The highest BCUT2D eigenvalue weighted by Crippen LogP contribution is 2.25. The highest BCUT2D eigenvalue weighted by atomic mass is 79.9. The van der Waals surface area contributed by atoms with Gasteiger partial charge in [-0.25, -0.2) is 8.42 Å². The van der Waals surface area contributed by atoms with Crippen LogP contribution in [0.15, 0.2) is 76.4 Å². The Bertz CT molecular complexity index is 1120. The van der Waals surface area contributed by atoms with Gasteiger partial charge in [0, 0.05) is 48.6 Å². The van der Waals surface area contributed by atoms with E-state index in [1.165, 1.54) is 4.31 Å². The Hall–Kier alpha value is -2.49. The van der Waals surface area contributed by atoms with E-state index < -0.39 is 10.0 Å². The van der Waals surface area contributed by atoms with Gasteiger partial charge < -0.3 is 4.90 Å². The zero-order valence-electron chi connectivity index (χ0n) is 16.2. The Morgan fingerprint density at radius 3 is 2.30 bits per heavy atom. The van der Waals surface area contributed by atoms with Gasteiger partial charge in [-0.2, -0.15) is 9.40 Å². The van der Waals surface area contributed by atoms with Crippen molar-refractivity contribution in [3.05, 3.63) is 82.6 Å². The van der Waals surface area contributed by atoms with E-state index in [9.17, 15) is 13.2 Å². The Kier molecular flexibility index (Phi) is 6.03. The van der Waals surface area contributed by atoms with Gasteiger partial charge >= 0.3 is 0 Å². The smallest absolute Gasteiger partial charge is 0.253 e. The van der Waals surface area contributed by atoms with Crippen molar-refractivity contribution in [3.63, 3.8) is 0 Å². The summed E-state index contributed by atoms with van der Waals surface area (Å²) >= 11 is 3.31. The zero-order valence-corrected chi connectivity index (χ0v) is 18.6. The molecule has 1 amide bonds. The molecule has 30 heavy (non-hydrogen) atoms. The van der Waals surface area contributed by atoms with Crippen molar-refractivity contribution in [2.24, 2.45) is 0 Å². The maximum Gasteiger partial charge on any atom is 0.253 e. The second-order valence-corrected chi connectivity index (χ2v) is 9.79. The fraction of sp³-hybridized carbons (Fsp3) is 0.238. The number of halogens is 1. The summed E-state index contributed by atoms with van der Waals surface area (Å²) < 4.78 is 29.6. The minimum atomic E-state index is -3.60. The minimum Gasteiger partial charge on any atom is -0.336 e. The van der Waals surface area contributed by atoms with Gasteiger partial charge in [0.2, 0.25) is 10.0 Å². The van der Waals surface area contributed by atoms with Crippen molar-refractivity contribution >= 4 is 31.9 Å². The Morgan fingerprint density at radius 2 is 1.67 bits per heavy atom. The summed E-state index contributed by atoms with van der Waals surface area (Å²) in [5, 5.41) is 4.18. The Labute approximate surface area is 184 Å². The highest BCUT2D eigenvalue weighted by Gasteiger charge is 2.31. The van der Waals surface area contributed by atoms with Crippen molar-refractivity contribution < 1.29 is 13.2 Å². The van der Waals surface area contributed by atoms with E-state index in [2.05, 4.69) is 21.0 Å². The minimum absolute atomic E-state index is 0.0846. The molecule has 0 saturated carbocycles. The first-order chi connectivity index (χ1) is 14.4. The molecule has 0 bridgehead atoms. The molecule has 7 nitrogen and oxygen atoms in total. The predicted molar refractivity (Wildman–Crippen MR) is 117 cm³/mol. The molecule has 9 heteroatoms. The lowest BCUT2D eigenvalue weighted by Gasteiger charge is -2.34. The van der Waals surface area contributed by atoms with Crippen LogP contribution in [0.1, 0.15) is 15.9 Å². The fourth-order valence-corrected chi connectivity index (χ4v) is 5.83. The first-order valence-electron chi connectivity index (χ1n) is 9.55. The van der Waals surface area contributed by atoms with Crippen molar-refractivity contribution in [2.75, 3.05) is 26.2 Å². The van der Waals surface area contributed by atoms with Crippen LogP contribution in [0.4, 0.5) is 0 Å². The van der Waals surface area contributed by atoms with Crippen molar-refractivity contribution in [3.8, 4) is 0 Å². The predicted octanol–water partition coefficient (Wildman–Crippen LogP) is 2.84.